The highest BCUT2D eigenvalue weighted by molar-refractivity contribution is 6.09. The minimum atomic E-state index is -1.01. The number of Topliss-reactive ketones (excluding diaryl/α,β-unsaturated/α-hetero) is 1. The van der Waals surface area contributed by atoms with Crippen LogP contribution in [0.2, 0.25) is 0 Å². The molecule has 1 aromatic rings. The highest BCUT2D eigenvalue weighted by Crippen LogP contribution is 2.44. The maximum Gasteiger partial charge on any atom is 0.321 e. The molecule has 2 atom stereocenters. The number of carbonyl (C=O) groups is 2. The largest absolute Gasteiger partial charge is 0.465 e. The molecule has 1 saturated heterocycles. The number of fused-ring (bicyclic) bond motifs is 4. The number of nitrogens with zero attached hydrogens (tertiary/aromatic N) is 1. The van der Waals surface area contributed by atoms with Gasteiger partial charge in [-0.15, -0.1) is 0 Å². The molecule has 4 heteroatoms. The molecule has 0 radical (unpaired) electrons. The molecule has 4 nitrogen and oxygen atoms in total. The second-order valence-corrected chi connectivity index (χ2v) is 5.79. The van der Waals surface area contributed by atoms with Gasteiger partial charge in [-0.3, -0.25) is 9.59 Å². The van der Waals surface area contributed by atoms with Crippen molar-refractivity contribution in [2.45, 2.75) is 19.3 Å². The molecule has 20 heavy (non-hydrogen) atoms. The first kappa shape index (κ1) is 13.3. The van der Waals surface area contributed by atoms with E-state index in [0.29, 0.717) is 26.1 Å². The zero-order valence-corrected chi connectivity index (χ0v) is 11.9. The van der Waals surface area contributed by atoms with Gasteiger partial charge < -0.3 is 9.64 Å². The van der Waals surface area contributed by atoms with Crippen LogP contribution in [0.1, 0.15) is 24.0 Å². The van der Waals surface area contributed by atoms with Gasteiger partial charge in [-0.05, 0) is 31.5 Å². The molecule has 0 amide bonds. The van der Waals surface area contributed by atoms with Crippen LogP contribution in [0, 0.1) is 5.41 Å². The summed E-state index contributed by atoms with van der Waals surface area (Å²) < 4.78 is 5.21. The number of rotatable bonds is 2. The normalized spacial score (nSPS) is 28.9. The predicted octanol–water partition coefficient (Wildman–Crippen LogP) is 1.39. The van der Waals surface area contributed by atoms with Crippen LogP contribution in [-0.4, -0.2) is 43.4 Å². The van der Waals surface area contributed by atoms with E-state index in [4.69, 9.17) is 4.74 Å². The van der Waals surface area contributed by atoms with Gasteiger partial charge in [0.25, 0.3) is 0 Å². The van der Waals surface area contributed by atoms with E-state index in [1.54, 1.807) is 6.92 Å². The lowest BCUT2D eigenvalue weighted by molar-refractivity contribution is -0.165. The van der Waals surface area contributed by atoms with Crippen LogP contribution in [0.15, 0.2) is 24.3 Å². The van der Waals surface area contributed by atoms with E-state index < -0.39 is 5.41 Å². The lowest BCUT2D eigenvalue weighted by Crippen LogP contribution is -2.59. The van der Waals surface area contributed by atoms with E-state index in [0.717, 1.165) is 11.1 Å². The molecule has 1 aromatic carbocycles. The summed E-state index contributed by atoms with van der Waals surface area (Å²) in [4.78, 5) is 27.3. The van der Waals surface area contributed by atoms with Crippen molar-refractivity contribution in [3.8, 4) is 0 Å². The number of carbonyl (C=O) groups excluding carboxylic acids is 2. The van der Waals surface area contributed by atoms with Crippen LogP contribution in [0.25, 0.3) is 0 Å². The number of hydrogen-bond donors (Lipinski definition) is 0. The van der Waals surface area contributed by atoms with E-state index in [-0.39, 0.29) is 17.7 Å². The topological polar surface area (TPSA) is 46.6 Å². The summed E-state index contributed by atoms with van der Waals surface area (Å²) in [7, 11) is 1.96. The minimum Gasteiger partial charge on any atom is -0.465 e. The summed E-state index contributed by atoms with van der Waals surface area (Å²) in [5.41, 5.74) is 1.17. The Hall–Kier alpha value is -1.68. The molecule has 0 N–H and O–H groups in total. The second kappa shape index (κ2) is 4.70. The lowest BCUT2D eigenvalue weighted by atomic mass is 9.63. The third-order valence-corrected chi connectivity index (χ3v) is 4.41. The van der Waals surface area contributed by atoms with Crippen molar-refractivity contribution in [3.05, 3.63) is 35.4 Å². The molecule has 1 aliphatic carbocycles. The Morgan fingerprint density at radius 3 is 2.95 bits per heavy atom. The smallest absolute Gasteiger partial charge is 0.321 e. The van der Waals surface area contributed by atoms with Crippen molar-refractivity contribution in [1.29, 1.82) is 0 Å². The Morgan fingerprint density at radius 2 is 2.20 bits per heavy atom. The molecule has 1 aliphatic heterocycles. The van der Waals surface area contributed by atoms with Crippen molar-refractivity contribution in [3.63, 3.8) is 0 Å². The molecular formula is C16H19NO3. The van der Waals surface area contributed by atoms with E-state index in [9.17, 15) is 9.59 Å². The van der Waals surface area contributed by atoms with Gasteiger partial charge in [0.1, 0.15) is 5.41 Å². The lowest BCUT2D eigenvalue weighted by Gasteiger charge is -2.46. The maximum atomic E-state index is 12.8. The van der Waals surface area contributed by atoms with E-state index in [2.05, 4.69) is 4.90 Å². The molecule has 0 saturated carbocycles. The number of likely N-dealkylation sites (N-methyl/N-ethyl adjacent to an activating group) is 1. The summed E-state index contributed by atoms with van der Waals surface area (Å²) in [6.45, 7) is 3.22. The number of benzene rings is 1. The van der Waals surface area contributed by atoms with Gasteiger partial charge in [0.15, 0.2) is 5.78 Å². The monoisotopic (exact) mass is 273 g/mol. The van der Waals surface area contributed by atoms with E-state index >= 15 is 0 Å². The SMILES string of the molecule is CCOC(=O)[C@@]12Cc3ccccc3[C@@H](CN(C)C1)C2=O. The van der Waals surface area contributed by atoms with Crippen molar-refractivity contribution < 1.29 is 14.3 Å². The average molecular weight is 273 g/mol. The maximum absolute atomic E-state index is 12.8. The van der Waals surface area contributed by atoms with Gasteiger partial charge in [0.05, 0.1) is 12.5 Å². The summed E-state index contributed by atoms with van der Waals surface area (Å²) in [6.07, 6.45) is 0.460. The molecule has 0 unspecified atom stereocenters. The van der Waals surface area contributed by atoms with Gasteiger partial charge in [0, 0.05) is 13.1 Å². The van der Waals surface area contributed by atoms with Crippen molar-refractivity contribution in [2.75, 3.05) is 26.7 Å². The first-order chi connectivity index (χ1) is 9.58. The molecule has 2 aliphatic rings. The molecular weight excluding hydrogens is 254 g/mol. The molecule has 106 valence electrons. The number of ketones is 1. The zero-order valence-electron chi connectivity index (χ0n) is 11.9. The summed E-state index contributed by atoms with van der Waals surface area (Å²) in [5, 5.41) is 0. The first-order valence-corrected chi connectivity index (χ1v) is 7.06. The van der Waals surface area contributed by atoms with Crippen molar-refractivity contribution in [1.82, 2.24) is 4.90 Å². The summed E-state index contributed by atoms with van der Waals surface area (Å²) in [5.74, 6) is -0.535. The second-order valence-electron chi connectivity index (χ2n) is 5.79. The Bertz CT molecular complexity index is 569. The van der Waals surface area contributed by atoms with Gasteiger partial charge >= 0.3 is 5.97 Å². The van der Waals surface area contributed by atoms with Crippen LogP contribution in [-0.2, 0) is 20.7 Å². The number of likely N-dealkylation sites (tertiary alicyclic amines) is 1. The van der Waals surface area contributed by atoms with E-state index in [1.807, 2.05) is 31.3 Å². The van der Waals surface area contributed by atoms with Gasteiger partial charge in [-0.2, -0.15) is 0 Å². The van der Waals surface area contributed by atoms with E-state index in [1.165, 1.54) is 0 Å². The average Bonchev–Trinajstić information content (AvgIpc) is 2.41. The fraction of sp³-hybridized carbons (Fsp3) is 0.500. The number of piperidine rings is 1. The fourth-order valence-electron chi connectivity index (χ4n) is 3.58. The molecule has 0 aromatic heterocycles. The zero-order chi connectivity index (χ0) is 14.3. The molecule has 2 bridgehead atoms. The number of ether oxygens (including phenoxy) is 1. The molecule has 1 heterocycles. The Morgan fingerprint density at radius 1 is 1.45 bits per heavy atom. The molecule has 0 spiro atoms. The minimum absolute atomic E-state index is 0.0350. The number of hydrogen-bond acceptors (Lipinski definition) is 4. The summed E-state index contributed by atoms with van der Waals surface area (Å²) in [6, 6.07) is 7.95. The Balaban J connectivity index is 2.10. The predicted molar refractivity (Wildman–Crippen MR) is 74.5 cm³/mol. The summed E-state index contributed by atoms with van der Waals surface area (Å²) >= 11 is 0. The third-order valence-electron chi connectivity index (χ3n) is 4.41. The fourth-order valence-corrected chi connectivity index (χ4v) is 3.58. The number of esters is 1. The first-order valence-electron chi connectivity index (χ1n) is 7.06. The highest BCUT2D eigenvalue weighted by Gasteiger charge is 2.56. The Kier molecular flexibility index (Phi) is 3.13. The van der Waals surface area contributed by atoms with Crippen molar-refractivity contribution in [2.24, 2.45) is 5.41 Å². The van der Waals surface area contributed by atoms with Crippen LogP contribution in [0.3, 0.4) is 0 Å². The Labute approximate surface area is 118 Å². The highest BCUT2D eigenvalue weighted by atomic mass is 16.5. The van der Waals surface area contributed by atoms with Gasteiger partial charge in [-0.1, -0.05) is 24.3 Å². The van der Waals surface area contributed by atoms with Crippen LogP contribution < -0.4 is 0 Å². The third kappa shape index (κ3) is 1.79. The standard InChI is InChI=1S/C16H19NO3/c1-3-20-15(19)16-8-11-6-4-5-7-12(11)13(14(16)18)9-17(2)10-16/h4-7,13H,3,8-10H2,1-2H3/t13-,16+/m1/s1. The quantitative estimate of drug-likeness (QED) is 0.603. The van der Waals surface area contributed by atoms with Crippen LogP contribution >= 0.6 is 0 Å². The van der Waals surface area contributed by atoms with Crippen LogP contribution in [0.5, 0.6) is 0 Å². The van der Waals surface area contributed by atoms with Crippen LogP contribution in [0.4, 0.5) is 0 Å². The molecule has 1 fully saturated rings. The van der Waals surface area contributed by atoms with Crippen molar-refractivity contribution >= 4 is 11.8 Å². The van der Waals surface area contributed by atoms with Gasteiger partial charge in [-0.25, -0.2) is 0 Å². The van der Waals surface area contributed by atoms with Gasteiger partial charge in [0.2, 0.25) is 0 Å². The molecule has 3 rings (SSSR count).